The standard InChI is InChI=1S/C17H30N4O2/c1-12(14-10-19-20-11-14)21-15-8-6-5-7-13(15)9-18-16(22)23-17(2,3)4/h10-13,15,21H,5-9H2,1-4H3,(H,18,22)(H,19,20). The van der Waals surface area contributed by atoms with E-state index in [1.807, 2.05) is 33.2 Å². The third-order valence-electron chi connectivity index (χ3n) is 4.30. The van der Waals surface area contributed by atoms with E-state index in [4.69, 9.17) is 4.74 Å². The molecule has 0 spiro atoms. The van der Waals surface area contributed by atoms with Gasteiger partial charge in [0.05, 0.1) is 6.20 Å². The van der Waals surface area contributed by atoms with E-state index in [-0.39, 0.29) is 12.1 Å². The van der Waals surface area contributed by atoms with Crippen LogP contribution in [0.5, 0.6) is 0 Å². The molecule has 1 heterocycles. The number of H-pyrrole nitrogens is 1. The number of aromatic amines is 1. The van der Waals surface area contributed by atoms with E-state index in [0.717, 1.165) is 18.4 Å². The molecule has 0 aliphatic heterocycles. The van der Waals surface area contributed by atoms with Crippen LogP contribution in [0.15, 0.2) is 12.4 Å². The fraction of sp³-hybridized carbons (Fsp3) is 0.765. The van der Waals surface area contributed by atoms with Gasteiger partial charge in [-0.15, -0.1) is 0 Å². The van der Waals surface area contributed by atoms with Crippen molar-refractivity contribution in [3.8, 4) is 0 Å². The molecule has 1 saturated carbocycles. The van der Waals surface area contributed by atoms with Crippen LogP contribution in [-0.2, 0) is 4.74 Å². The van der Waals surface area contributed by atoms with E-state index in [1.165, 1.54) is 12.8 Å². The predicted molar refractivity (Wildman–Crippen MR) is 90.1 cm³/mol. The van der Waals surface area contributed by atoms with Gasteiger partial charge in [0.15, 0.2) is 0 Å². The van der Waals surface area contributed by atoms with Crippen molar-refractivity contribution in [3.63, 3.8) is 0 Å². The Labute approximate surface area is 138 Å². The lowest BCUT2D eigenvalue weighted by atomic mass is 9.84. The lowest BCUT2D eigenvalue weighted by molar-refractivity contribution is 0.0510. The Bertz CT molecular complexity index is 481. The average Bonchev–Trinajstić information content (AvgIpc) is 2.99. The van der Waals surface area contributed by atoms with Crippen molar-refractivity contribution in [1.29, 1.82) is 0 Å². The second-order valence-corrected chi connectivity index (χ2v) is 7.45. The first kappa shape index (κ1) is 17.8. The maximum atomic E-state index is 11.9. The molecule has 1 aromatic rings. The molecule has 6 heteroatoms. The van der Waals surface area contributed by atoms with Gasteiger partial charge in [-0.1, -0.05) is 12.8 Å². The number of carbonyl (C=O) groups is 1. The number of carbonyl (C=O) groups excluding carboxylic acids is 1. The summed E-state index contributed by atoms with van der Waals surface area (Å²) in [5.74, 6) is 0.436. The van der Waals surface area contributed by atoms with Crippen LogP contribution >= 0.6 is 0 Å². The van der Waals surface area contributed by atoms with E-state index in [2.05, 4.69) is 27.8 Å². The van der Waals surface area contributed by atoms with Crippen LogP contribution in [0.25, 0.3) is 0 Å². The summed E-state index contributed by atoms with van der Waals surface area (Å²) in [5.41, 5.74) is 0.707. The molecule has 23 heavy (non-hydrogen) atoms. The molecule has 1 fully saturated rings. The van der Waals surface area contributed by atoms with E-state index in [1.54, 1.807) is 0 Å². The Morgan fingerprint density at radius 1 is 1.43 bits per heavy atom. The third-order valence-corrected chi connectivity index (χ3v) is 4.30. The van der Waals surface area contributed by atoms with Crippen molar-refractivity contribution in [3.05, 3.63) is 18.0 Å². The van der Waals surface area contributed by atoms with E-state index in [0.29, 0.717) is 18.5 Å². The van der Waals surface area contributed by atoms with Crippen molar-refractivity contribution in [1.82, 2.24) is 20.8 Å². The highest BCUT2D eigenvalue weighted by molar-refractivity contribution is 5.67. The molecule has 0 saturated heterocycles. The number of ether oxygens (including phenoxy) is 1. The molecule has 130 valence electrons. The highest BCUT2D eigenvalue weighted by Crippen LogP contribution is 2.26. The average molecular weight is 322 g/mol. The minimum Gasteiger partial charge on any atom is -0.444 e. The summed E-state index contributed by atoms with van der Waals surface area (Å²) in [6.07, 6.45) is 8.18. The first-order valence-electron chi connectivity index (χ1n) is 8.57. The summed E-state index contributed by atoms with van der Waals surface area (Å²) in [6.45, 7) is 8.45. The van der Waals surface area contributed by atoms with Crippen molar-refractivity contribution in [2.45, 2.75) is 71.1 Å². The van der Waals surface area contributed by atoms with E-state index in [9.17, 15) is 4.79 Å². The van der Waals surface area contributed by atoms with Gasteiger partial charge in [-0.3, -0.25) is 5.10 Å². The van der Waals surface area contributed by atoms with Crippen LogP contribution in [0.4, 0.5) is 4.79 Å². The van der Waals surface area contributed by atoms with Crippen LogP contribution in [0.2, 0.25) is 0 Å². The maximum Gasteiger partial charge on any atom is 0.407 e. The summed E-state index contributed by atoms with van der Waals surface area (Å²) in [6, 6.07) is 0.657. The van der Waals surface area contributed by atoms with Crippen LogP contribution in [0.1, 0.15) is 65.0 Å². The number of nitrogens with one attached hydrogen (secondary N) is 3. The van der Waals surface area contributed by atoms with Gasteiger partial charge >= 0.3 is 6.09 Å². The van der Waals surface area contributed by atoms with Gasteiger partial charge in [-0.25, -0.2) is 4.79 Å². The Morgan fingerprint density at radius 3 is 2.83 bits per heavy atom. The third kappa shape index (κ3) is 5.86. The fourth-order valence-electron chi connectivity index (χ4n) is 3.12. The second kappa shape index (κ2) is 7.81. The topological polar surface area (TPSA) is 79.0 Å². The van der Waals surface area contributed by atoms with Crippen molar-refractivity contribution < 1.29 is 9.53 Å². The zero-order valence-electron chi connectivity index (χ0n) is 14.7. The van der Waals surface area contributed by atoms with Gasteiger partial charge in [-0.05, 0) is 46.5 Å². The first-order chi connectivity index (χ1) is 10.8. The number of rotatable bonds is 5. The minimum absolute atomic E-state index is 0.251. The molecule has 6 nitrogen and oxygen atoms in total. The fourth-order valence-corrected chi connectivity index (χ4v) is 3.12. The molecule has 0 aromatic carbocycles. The first-order valence-corrected chi connectivity index (χ1v) is 8.57. The lowest BCUT2D eigenvalue weighted by Gasteiger charge is -2.34. The molecule has 1 aromatic heterocycles. The zero-order chi connectivity index (χ0) is 16.9. The Balaban J connectivity index is 1.84. The molecular formula is C17H30N4O2. The molecule has 0 radical (unpaired) electrons. The molecule has 1 aliphatic rings. The van der Waals surface area contributed by atoms with Gasteiger partial charge in [0, 0.05) is 30.4 Å². The quantitative estimate of drug-likeness (QED) is 0.778. The minimum atomic E-state index is -0.454. The normalized spacial score (nSPS) is 23.3. The van der Waals surface area contributed by atoms with Crippen LogP contribution < -0.4 is 10.6 Å². The van der Waals surface area contributed by atoms with Crippen LogP contribution in [0.3, 0.4) is 0 Å². The van der Waals surface area contributed by atoms with Crippen molar-refractivity contribution >= 4 is 6.09 Å². The van der Waals surface area contributed by atoms with Gasteiger partial charge in [0.1, 0.15) is 5.60 Å². The number of hydrogen-bond acceptors (Lipinski definition) is 4. The summed E-state index contributed by atoms with van der Waals surface area (Å²) >= 11 is 0. The highest BCUT2D eigenvalue weighted by atomic mass is 16.6. The number of hydrogen-bond donors (Lipinski definition) is 3. The summed E-state index contributed by atoms with van der Waals surface area (Å²) < 4.78 is 5.32. The number of amides is 1. The maximum absolute atomic E-state index is 11.9. The van der Waals surface area contributed by atoms with Gasteiger partial charge < -0.3 is 15.4 Å². The van der Waals surface area contributed by atoms with E-state index < -0.39 is 5.60 Å². The van der Waals surface area contributed by atoms with Crippen molar-refractivity contribution in [2.75, 3.05) is 6.54 Å². The van der Waals surface area contributed by atoms with Crippen LogP contribution in [-0.4, -0.2) is 34.5 Å². The molecule has 1 amide bonds. The molecule has 1 aliphatic carbocycles. The summed E-state index contributed by atoms with van der Waals surface area (Å²) in [5, 5.41) is 13.5. The molecule has 2 rings (SSSR count). The second-order valence-electron chi connectivity index (χ2n) is 7.45. The molecular weight excluding hydrogens is 292 g/mol. The summed E-state index contributed by atoms with van der Waals surface area (Å²) in [4.78, 5) is 11.9. The number of aromatic nitrogens is 2. The van der Waals surface area contributed by atoms with E-state index >= 15 is 0 Å². The Kier molecular flexibility index (Phi) is 6.04. The Hall–Kier alpha value is -1.56. The van der Waals surface area contributed by atoms with Crippen molar-refractivity contribution in [2.24, 2.45) is 5.92 Å². The van der Waals surface area contributed by atoms with Gasteiger partial charge in [-0.2, -0.15) is 5.10 Å². The lowest BCUT2D eigenvalue weighted by Crippen LogP contribution is -2.45. The SMILES string of the molecule is CC(NC1CCCCC1CNC(=O)OC(C)(C)C)c1cn[nH]c1. The number of nitrogens with zero attached hydrogens (tertiary/aromatic N) is 1. The number of alkyl carbamates (subject to hydrolysis) is 1. The monoisotopic (exact) mass is 322 g/mol. The van der Waals surface area contributed by atoms with Gasteiger partial charge in [0.25, 0.3) is 0 Å². The van der Waals surface area contributed by atoms with Crippen LogP contribution in [0, 0.1) is 5.92 Å². The predicted octanol–water partition coefficient (Wildman–Crippen LogP) is 3.14. The highest BCUT2D eigenvalue weighted by Gasteiger charge is 2.27. The van der Waals surface area contributed by atoms with Gasteiger partial charge in [0.2, 0.25) is 0 Å². The summed E-state index contributed by atoms with van der Waals surface area (Å²) in [7, 11) is 0. The molecule has 3 unspecified atom stereocenters. The zero-order valence-corrected chi connectivity index (χ0v) is 14.7. The molecule has 3 atom stereocenters. The molecule has 0 bridgehead atoms. The molecule has 3 N–H and O–H groups in total. The largest absolute Gasteiger partial charge is 0.444 e. The smallest absolute Gasteiger partial charge is 0.407 e. The Morgan fingerprint density at radius 2 is 2.17 bits per heavy atom.